The maximum absolute atomic E-state index is 13.8. The van der Waals surface area contributed by atoms with Crippen molar-refractivity contribution in [2.45, 2.75) is 25.7 Å². The molecule has 0 bridgehead atoms. The molecule has 2 aromatic rings. The smallest absolute Gasteiger partial charge is 0.263 e. The Morgan fingerprint density at radius 2 is 1.76 bits per heavy atom. The van der Waals surface area contributed by atoms with Crippen LogP contribution < -0.4 is 0 Å². The topological polar surface area (TPSA) is 40.6 Å². The van der Waals surface area contributed by atoms with Gasteiger partial charge in [0.2, 0.25) is 5.91 Å². The van der Waals surface area contributed by atoms with Gasteiger partial charge in [-0.2, -0.15) is 0 Å². The summed E-state index contributed by atoms with van der Waals surface area (Å²) in [5, 5.41) is 0.509. The Bertz CT molecular complexity index is 805. The fourth-order valence-corrected chi connectivity index (χ4v) is 4.85. The fraction of sp³-hybridized carbons (Fsp3) is 0.474. The van der Waals surface area contributed by atoms with E-state index in [1.807, 2.05) is 11.0 Å². The van der Waals surface area contributed by atoms with E-state index in [0.717, 1.165) is 43.5 Å². The van der Waals surface area contributed by atoms with Gasteiger partial charge in [-0.25, -0.2) is 4.39 Å². The van der Waals surface area contributed by atoms with Gasteiger partial charge in [0, 0.05) is 42.2 Å². The zero-order valence-corrected chi connectivity index (χ0v) is 14.9. The highest BCUT2D eigenvalue weighted by Crippen LogP contribution is 2.30. The zero-order chi connectivity index (χ0) is 17.4. The molecule has 2 saturated heterocycles. The van der Waals surface area contributed by atoms with Crippen LogP contribution in [0.3, 0.4) is 0 Å². The van der Waals surface area contributed by atoms with Gasteiger partial charge in [0.05, 0.1) is 4.88 Å². The second-order valence-electron chi connectivity index (χ2n) is 6.86. The number of piperidine rings is 1. The van der Waals surface area contributed by atoms with Crippen molar-refractivity contribution < 1.29 is 14.0 Å². The van der Waals surface area contributed by atoms with E-state index in [2.05, 4.69) is 0 Å². The molecule has 0 unspecified atom stereocenters. The predicted octanol–water partition coefficient (Wildman–Crippen LogP) is 3.52. The van der Waals surface area contributed by atoms with Crippen molar-refractivity contribution in [3.8, 4) is 0 Å². The monoisotopic (exact) mass is 360 g/mol. The summed E-state index contributed by atoms with van der Waals surface area (Å²) < 4.78 is 14.6. The van der Waals surface area contributed by atoms with E-state index in [9.17, 15) is 14.0 Å². The Labute approximate surface area is 150 Å². The van der Waals surface area contributed by atoms with E-state index in [1.165, 1.54) is 17.4 Å². The first-order chi connectivity index (χ1) is 12.1. The van der Waals surface area contributed by atoms with Gasteiger partial charge in [0.1, 0.15) is 5.82 Å². The summed E-state index contributed by atoms with van der Waals surface area (Å²) in [4.78, 5) is 29.6. The lowest BCUT2D eigenvalue weighted by Gasteiger charge is -2.33. The molecule has 0 radical (unpaired) electrons. The average molecular weight is 360 g/mol. The number of benzene rings is 1. The molecule has 25 heavy (non-hydrogen) atoms. The number of rotatable bonds is 2. The minimum atomic E-state index is -0.289. The molecule has 1 aromatic heterocycles. The number of nitrogens with zero attached hydrogens (tertiary/aromatic N) is 2. The van der Waals surface area contributed by atoms with E-state index >= 15 is 0 Å². The van der Waals surface area contributed by atoms with Gasteiger partial charge in [-0.15, -0.1) is 11.3 Å². The zero-order valence-electron chi connectivity index (χ0n) is 14.0. The van der Waals surface area contributed by atoms with Crippen molar-refractivity contribution in [3.63, 3.8) is 0 Å². The average Bonchev–Trinajstić information content (AvgIpc) is 3.31. The third-order valence-electron chi connectivity index (χ3n) is 5.27. The van der Waals surface area contributed by atoms with Crippen LogP contribution in [0.4, 0.5) is 4.39 Å². The molecule has 0 N–H and O–H groups in total. The van der Waals surface area contributed by atoms with Crippen LogP contribution in [-0.2, 0) is 4.79 Å². The second kappa shape index (κ2) is 6.75. The van der Waals surface area contributed by atoms with Crippen molar-refractivity contribution in [1.82, 2.24) is 9.80 Å². The summed E-state index contributed by atoms with van der Waals surface area (Å²) in [5.41, 5.74) is 0. The van der Waals surface area contributed by atoms with Crippen LogP contribution in [0.25, 0.3) is 10.1 Å². The molecular formula is C19H21FN2O2S. The Morgan fingerprint density at radius 3 is 2.44 bits per heavy atom. The molecule has 0 spiro atoms. The lowest BCUT2D eigenvalue weighted by molar-refractivity contribution is -0.135. The minimum Gasteiger partial charge on any atom is -0.342 e. The van der Waals surface area contributed by atoms with E-state index in [-0.39, 0.29) is 23.5 Å². The first-order valence-electron chi connectivity index (χ1n) is 8.89. The van der Waals surface area contributed by atoms with Gasteiger partial charge < -0.3 is 9.80 Å². The Morgan fingerprint density at radius 1 is 1.04 bits per heavy atom. The summed E-state index contributed by atoms with van der Waals surface area (Å²) in [6.07, 6.45) is 3.65. The van der Waals surface area contributed by atoms with Gasteiger partial charge in [0.15, 0.2) is 0 Å². The summed E-state index contributed by atoms with van der Waals surface area (Å²) in [7, 11) is 0. The molecule has 2 aliphatic rings. The molecule has 4 nitrogen and oxygen atoms in total. The molecule has 3 heterocycles. The molecule has 4 rings (SSSR count). The SMILES string of the molecule is O=C(c1cc2c(F)cccc2s1)N1CCC(C(=O)N2CCCC2)CC1. The van der Waals surface area contributed by atoms with Crippen LogP contribution >= 0.6 is 11.3 Å². The first-order valence-corrected chi connectivity index (χ1v) is 9.71. The maximum Gasteiger partial charge on any atom is 0.263 e. The van der Waals surface area contributed by atoms with Crippen molar-refractivity contribution in [2.24, 2.45) is 5.92 Å². The highest BCUT2D eigenvalue weighted by atomic mass is 32.1. The molecule has 1 aromatic carbocycles. The molecule has 0 saturated carbocycles. The van der Waals surface area contributed by atoms with Crippen LogP contribution in [0.1, 0.15) is 35.4 Å². The molecule has 2 fully saturated rings. The highest BCUT2D eigenvalue weighted by molar-refractivity contribution is 7.20. The minimum absolute atomic E-state index is 0.0435. The second-order valence-corrected chi connectivity index (χ2v) is 7.94. The first kappa shape index (κ1) is 16.5. The number of carbonyl (C=O) groups is 2. The van der Waals surface area contributed by atoms with Gasteiger partial charge in [0.25, 0.3) is 5.91 Å². The fourth-order valence-electron chi connectivity index (χ4n) is 3.81. The number of hydrogen-bond acceptors (Lipinski definition) is 3. The lowest BCUT2D eigenvalue weighted by Crippen LogP contribution is -2.43. The summed E-state index contributed by atoms with van der Waals surface area (Å²) >= 11 is 1.33. The largest absolute Gasteiger partial charge is 0.342 e. The number of fused-ring (bicyclic) bond motifs is 1. The number of amides is 2. The Kier molecular flexibility index (Phi) is 4.46. The number of carbonyl (C=O) groups excluding carboxylic acids is 2. The molecule has 132 valence electrons. The molecule has 2 amide bonds. The van der Waals surface area contributed by atoms with Gasteiger partial charge in [-0.1, -0.05) is 6.07 Å². The van der Waals surface area contributed by atoms with E-state index in [1.54, 1.807) is 17.0 Å². The number of likely N-dealkylation sites (tertiary alicyclic amines) is 2. The van der Waals surface area contributed by atoms with Crippen LogP contribution in [0.15, 0.2) is 24.3 Å². The standard InChI is InChI=1S/C19H21FN2O2S/c20-15-4-3-5-16-14(15)12-17(25-16)19(24)22-10-6-13(7-11-22)18(23)21-8-1-2-9-21/h3-5,12-13H,1-2,6-11H2. The summed E-state index contributed by atoms with van der Waals surface area (Å²) in [5.74, 6) is -0.0362. The van der Waals surface area contributed by atoms with Crippen molar-refractivity contribution in [1.29, 1.82) is 0 Å². The molecular weight excluding hydrogens is 339 g/mol. The molecule has 0 aliphatic carbocycles. The van der Waals surface area contributed by atoms with Gasteiger partial charge in [-0.05, 0) is 43.9 Å². The number of hydrogen-bond donors (Lipinski definition) is 0. The predicted molar refractivity (Wildman–Crippen MR) is 96.2 cm³/mol. The number of halogens is 1. The van der Waals surface area contributed by atoms with Crippen molar-refractivity contribution >= 4 is 33.2 Å². The Balaban J connectivity index is 1.42. The summed E-state index contributed by atoms with van der Waals surface area (Å²) in [6, 6.07) is 6.57. The van der Waals surface area contributed by atoms with Crippen molar-refractivity contribution in [3.05, 3.63) is 35.0 Å². The molecule has 0 atom stereocenters. The molecule has 2 aliphatic heterocycles. The van der Waals surface area contributed by atoms with Crippen LogP contribution in [0, 0.1) is 11.7 Å². The lowest BCUT2D eigenvalue weighted by atomic mass is 9.95. The Hall–Kier alpha value is -1.95. The van der Waals surface area contributed by atoms with Crippen molar-refractivity contribution in [2.75, 3.05) is 26.2 Å². The van der Waals surface area contributed by atoms with E-state index in [4.69, 9.17) is 0 Å². The van der Waals surface area contributed by atoms with E-state index in [0.29, 0.717) is 23.4 Å². The summed E-state index contributed by atoms with van der Waals surface area (Å²) in [6.45, 7) is 2.95. The number of thiophene rings is 1. The van der Waals surface area contributed by atoms with E-state index < -0.39 is 0 Å². The van der Waals surface area contributed by atoms with Gasteiger partial charge >= 0.3 is 0 Å². The van der Waals surface area contributed by atoms with Crippen LogP contribution in [-0.4, -0.2) is 47.8 Å². The third-order valence-corrected chi connectivity index (χ3v) is 6.36. The van der Waals surface area contributed by atoms with Crippen LogP contribution in [0.5, 0.6) is 0 Å². The molecule has 6 heteroatoms. The highest BCUT2D eigenvalue weighted by Gasteiger charge is 2.31. The quantitative estimate of drug-likeness (QED) is 0.822. The normalized spacial score (nSPS) is 18.9. The third kappa shape index (κ3) is 3.15. The van der Waals surface area contributed by atoms with Gasteiger partial charge in [-0.3, -0.25) is 9.59 Å². The van der Waals surface area contributed by atoms with Crippen LogP contribution in [0.2, 0.25) is 0 Å². The maximum atomic E-state index is 13.8.